The minimum atomic E-state index is -0.665. The van der Waals surface area contributed by atoms with Gasteiger partial charge in [-0.2, -0.15) is 0 Å². The van der Waals surface area contributed by atoms with Gasteiger partial charge in [0, 0.05) is 12.5 Å². The summed E-state index contributed by atoms with van der Waals surface area (Å²) in [7, 11) is 0. The van der Waals surface area contributed by atoms with Crippen LogP contribution in [0.3, 0.4) is 0 Å². The van der Waals surface area contributed by atoms with Crippen molar-refractivity contribution in [3.8, 4) is 5.75 Å². The van der Waals surface area contributed by atoms with E-state index >= 15 is 0 Å². The molecular weight excluding hydrogens is 238 g/mol. The first-order valence-corrected chi connectivity index (χ1v) is 7.08. The van der Waals surface area contributed by atoms with Gasteiger partial charge in [0.1, 0.15) is 5.75 Å². The molecule has 0 saturated heterocycles. The van der Waals surface area contributed by atoms with Crippen molar-refractivity contribution >= 4 is 0 Å². The zero-order valence-corrected chi connectivity index (χ0v) is 12.6. The summed E-state index contributed by atoms with van der Waals surface area (Å²) in [6.07, 6.45) is 1.66. The third kappa shape index (κ3) is 7.19. The lowest BCUT2D eigenvalue weighted by molar-refractivity contribution is 0.0553. The lowest BCUT2D eigenvalue weighted by atomic mass is 10.1. The molecule has 1 atom stereocenters. The fraction of sp³-hybridized carbons (Fsp3) is 0.625. The number of hydrogen-bond acceptors (Lipinski definition) is 3. The van der Waals surface area contributed by atoms with Gasteiger partial charge >= 0.3 is 0 Å². The van der Waals surface area contributed by atoms with E-state index in [1.165, 1.54) is 5.56 Å². The van der Waals surface area contributed by atoms with Crippen molar-refractivity contribution in [2.45, 2.75) is 52.2 Å². The predicted octanol–water partition coefficient (Wildman–Crippen LogP) is 2.77. The summed E-state index contributed by atoms with van der Waals surface area (Å²) >= 11 is 0. The molecule has 3 heteroatoms. The minimum absolute atomic E-state index is 0.493. The molecule has 0 spiro atoms. The Hall–Kier alpha value is -1.06. The van der Waals surface area contributed by atoms with E-state index in [9.17, 15) is 5.11 Å². The Morgan fingerprint density at radius 3 is 2.42 bits per heavy atom. The first kappa shape index (κ1) is 16.0. The SMILES string of the molecule is CCNC(C)Cc1ccc(OCCC(C)(C)O)cc1. The molecule has 0 radical (unpaired) electrons. The van der Waals surface area contributed by atoms with Gasteiger partial charge in [0.25, 0.3) is 0 Å². The number of benzene rings is 1. The van der Waals surface area contributed by atoms with Crippen LogP contribution in [0.15, 0.2) is 24.3 Å². The van der Waals surface area contributed by atoms with Crippen molar-refractivity contribution in [1.82, 2.24) is 5.32 Å². The first-order chi connectivity index (χ1) is 8.90. The molecule has 1 unspecified atom stereocenters. The standard InChI is InChI=1S/C16H27NO2/c1-5-17-13(2)12-14-6-8-15(9-7-14)19-11-10-16(3,4)18/h6-9,13,17-18H,5,10-12H2,1-4H3. The Bertz CT molecular complexity index is 354. The van der Waals surface area contributed by atoms with Crippen LogP contribution in [-0.2, 0) is 6.42 Å². The lowest BCUT2D eigenvalue weighted by Crippen LogP contribution is -2.27. The third-order valence-electron chi connectivity index (χ3n) is 3.00. The summed E-state index contributed by atoms with van der Waals surface area (Å²) in [4.78, 5) is 0. The molecule has 0 aliphatic rings. The van der Waals surface area contributed by atoms with Gasteiger partial charge in [-0.15, -0.1) is 0 Å². The molecule has 0 fully saturated rings. The van der Waals surface area contributed by atoms with Crippen LogP contribution in [0.4, 0.5) is 0 Å². The van der Waals surface area contributed by atoms with Crippen molar-refractivity contribution in [2.24, 2.45) is 0 Å². The maximum atomic E-state index is 9.60. The number of aliphatic hydroxyl groups is 1. The quantitative estimate of drug-likeness (QED) is 0.759. The minimum Gasteiger partial charge on any atom is -0.493 e. The van der Waals surface area contributed by atoms with Gasteiger partial charge in [-0.25, -0.2) is 0 Å². The van der Waals surface area contributed by atoms with Gasteiger partial charge in [0.2, 0.25) is 0 Å². The van der Waals surface area contributed by atoms with E-state index < -0.39 is 5.60 Å². The van der Waals surface area contributed by atoms with E-state index in [1.807, 2.05) is 12.1 Å². The largest absolute Gasteiger partial charge is 0.493 e. The van der Waals surface area contributed by atoms with Crippen LogP contribution < -0.4 is 10.1 Å². The van der Waals surface area contributed by atoms with Crippen molar-refractivity contribution in [3.63, 3.8) is 0 Å². The number of rotatable bonds is 8. The molecule has 0 aromatic heterocycles. The Morgan fingerprint density at radius 1 is 1.26 bits per heavy atom. The van der Waals surface area contributed by atoms with E-state index in [-0.39, 0.29) is 0 Å². The van der Waals surface area contributed by atoms with Crippen LogP contribution in [-0.4, -0.2) is 29.9 Å². The molecule has 0 heterocycles. The number of nitrogens with one attached hydrogen (secondary N) is 1. The molecule has 19 heavy (non-hydrogen) atoms. The van der Waals surface area contributed by atoms with Gasteiger partial charge in [0.05, 0.1) is 12.2 Å². The summed E-state index contributed by atoms with van der Waals surface area (Å²) in [6.45, 7) is 9.44. The molecule has 2 N–H and O–H groups in total. The van der Waals surface area contributed by atoms with Gasteiger partial charge in [0.15, 0.2) is 0 Å². The van der Waals surface area contributed by atoms with Crippen LogP contribution in [0.1, 0.15) is 39.7 Å². The van der Waals surface area contributed by atoms with E-state index in [1.54, 1.807) is 13.8 Å². The lowest BCUT2D eigenvalue weighted by Gasteiger charge is -2.17. The highest BCUT2D eigenvalue weighted by molar-refractivity contribution is 5.27. The highest BCUT2D eigenvalue weighted by atomic mass is 16.5. The fourth-order valence-electron chi connectivity index (χ4n) is 1.91. The Morgan fingerprint density at radius 2 is 1.89 bits per heavy atom. The molecule has 0 bridgehead atoms. The van der Waals surface area contributed by atoms with Gasteiger partial charge in [-0.3, -0.25) is 0 Å². The van der Waals surface area contributed by atoms with Crippen LogP contribution in [0, 0.1) is 0 Å². The highest BCUT2D eigenvalue weighted by Gasteiger charge is 2.12. The molecule has 0 amide bonds. The van der Waals surface area contributed by atoms with E-state index in [0.717, 1.165) is 18.7 Å². The second-order valence-electron chi connectivity index (χ2n) is 5.72. The monoisotopic (exact) mass is 265 g/mol. The Kier molecular flexibility index (Phi) is 6.32. The van der Waals surface area contributed by atoms with E-state index in [0.29, 0.717) is 19.1 Å². The topological polar surface area (TPSA) is 41.5 Å². The van der Waals surface area contributed by atoms with Crippen molar-refractivity contribution < 1.29 is 9.84 Å². The van der Waals surface area contributed by atoms with Crippen LogP contribution in [0.25, 0.3) is 0 Å². The Labute approximate surface area is 117 Å². The first-order valence-electron chi connectivity index (χ1n) is 7.08. The van der Waals surface area contributed by atoms with Crippen LogP contribution >= 0.6 is 0 Å². The fourth-order valence-corrected chi connectivity index (χ4v) is 1.91. The molecule has 0 aliphatic heterocycles. The molecule has 1 rings (SSSR count). The molecule has 1 aromatic carbocycles. The molecule has 0 saturated carbocycles. The van der Waals surface area contributed by atoms with Gasteiger partial charge in [-0.05, 0) is 51.4 Å². The second-order valence-corrected chi connectivity index (χ2v) is 5.72. The van der Waals surface area contributed by atoms with Gasteiger partial charge in [-0.1, -0.05) is 19.1 Å². The molecule has 1 aromatic rings. The van der Waals surface area contributed by atoms with Crippen LogP contribution in [0.2, 0.25) is 0 Å². The maximum absolute atomic E-state index is 9.60. The summed E-state index contributed by atoms with van der Waals surface area (Å²) in [5.41, 5.74) is 0.643. The zero-order chi connectivity index (χ0) is 14.3. The third-order valence-corrected chi connectivity index (χ3v) is 3.00. The van der Waals surface area contributed by atoms with E-state index in [2.05, 4.69) is 31.3 Å². The summed E-state index contributed by atoms with van der Waals surface area (Å²) in [6, 6.07) is 8.70. The molecule has 3 nitrogen and oxygen atoms in total. The summed E-state index contributed by atoms with van der Waals surface area (Å²) < 4.78 is 5.61. The predicted molar refractivity (Wildman–Crippen MR) is 79.7 cm³/mol. The number of likely N-dealkylation sites (N-methyl/N-ethyl adjacent to an activating group) is 1. The second kappa shape index (κ2) is 7.51. The normalized spacial score (nSPS) is 13.3. The van der Waals surface area contributed by atoms with Crippen molar-refractivity contribution in [2.75, 3.05) is 13.2 Å². The number of ether oxygens (including phenoxy) is 1. The summed E-state index contributed by atoms with van der Waals surface area (Å²) in [5, 5.41) is 13.0. The van der Waals surface area contributed by atoms with Crippen LogP contribution in [0.5, 0.6) is 5.75 Å². The maximum Gasteiger partial charge on any atom is 0.119 e. The number of hydrogen-bond donors (Lipinski definition) is 2. The average molecular weight is 265 g/mol. The van der Waals surface area contributed by atoms with Crippen molar-refractivity contribution in [1.29, 1.82) is 0 Å². The van der Waals surface area contributed by atoms with Crippen molar-refractivity contribution in [3.05, 3.63) is 29.8 Å². The molecule has 0 aliphatic carbocycles. The average Bonchev–Trinajstić information content (AvgIpc) is 2.30. The Balaban J connectivity index is 2.39. The highest BCUT2D eigenvalue weighted by Crippen LogP contribution is 2.15. The van der Waals surface area contributed by atoms with E-state index in [4.69, 9.17) is 4.74 Å². The zero-order valence-electron chi connectivity index (χ0n) is 12.6. The molecular formula is C16H27NO2. The summed E-state index contributed by atoms with van der Waals surface area (Å²) in [5.74, 6) is 0.865. The smallest absolute Gasteiger partial charge is 0.119 e. The van der Waals surface area contributed by atoms with Gasteiger partial charge < -0.3 is 15.2 Å². The molecule has 108 valence electrons.